The molecule has 0 heterocycles. The van der Waals surface area contributed by atoms with Crippen LogP contribution in [0.3, 0.4) is 0 Å². The van der Waals surface area contributed by atoms with E-state index in [4.69, 9.17) is 37.9 Å². The Hall–Kier alpha value is -7.84. The average Bonchev–Trinajstić information content (AvgIpc) is 0.769. The van der Waals surface area contributed by atoms with Crippen LogP contribution in [-0.2, 0) is 94.7 Å². The van der Waals surface area contributed by atoms with Crippen molar-refractivity contribution in [1.82, 2.24) is 0 Å². The van der Waals surface area contributed by atoms with Crippen LogP contribution in [0.5, 0.6) is 46.0 Å². The molecule has 8 aromatic carbocycles. The van der Waals surface area contributed by atoms with E-state index in [1.165, 1.54) is 44.5 Å². The van der Waals surface area contributed by atoms with Crippen LogP contribution in [0.15, 0.2) is 97.1 Å². The first-order valence-electron chi connectivity index (χ1n) is 46.5. The predicted octanol–water partition coefficient (Wildman–Crippen LogP) is 29.4. The number of benzene rings is 8. The zero-order chi connectivity index (χ0) is 88.4. The second kappa shape index (κ2) is 39.8. The Morgan fingerprint density at radius 2 is 0.225 bits per heavy atom. The topological polar surface area (TPSA) is 73.8 Å². The lowest BCUT2D eigenvalue weighted by Gasteiger charge is -2.29. The third-order valence-corrected chi connectivity index (χ3v) is 23.5. The van der Waals surface area contributed by atoms with Gasteiger partial charge in [0.15, 0.2) is 0 Å². The van der Waals surface area contributed by atoms with E-state index >= 15 is 0 Å². The zero-order valence-corrected chi connectivity index (χ0v) is 81.5. The summed E-state index contributed by atoms with van der Waals surface area (Å²) in [6.45, 7) is 78.9. The molecule has 0 aromatic heterocycles. The summed E-state index contributed by atoms with van der Waals surface area (Å²) in [7, 11) is 0. The van der Waals surface area contributed by atoms with Crippen LogP contribution >= 0.6 is 0 Å². The normalized spacial score (nSPS) is 13.6. The van der Waals surface area contributed by atoms with Gasteiger partial charge in [0.25, 0.3) is 0 Å². The van der Waals surface area contributed by atoms with Crippen LogP contribution < -0.4 is 37.9 Å². The van der Waals surface area contributed by atoms with Crippen molar-refractivity contribution in [3.05, 3.63) is 231 Å². The first-order chi connectivity index (χ1) is 56.2. The molecule has 9 rings (SSSR count). The zero-order valence-electron chi connectivity index (χ0n) is 81.5. The molecule has 1 aliphatic rings. The Bertz CT molecular complexity index is 3690. The Labute approximate surface area is 730 Å². The molecule has 0 unspecified atom stereocenters. The van der Waals surface area contributed by atoms with Crippen molar-refractivity contribution in [2.45, 2.75) is 368 Å². The largest absolute Gasteiger partial charge is 0.493 e. The van der Waals surface area contributed by atoms with Crippen molar-refractivity contribution in [1.29, 1.82) is 0 Å². The highest BCUT2D eigenvalue weighted by atomic mass is 16.5. The second-order valence-electron chi connectivity index (χ2n) is 43.2. The number of hydrogen-bond acceptors (Lipinski definition) is 8. The van der Waals surface area contributed by atoms with Crippen LogP contribution in [0.4, 0.5) is 0 Å². The van der Waals surface area contributed by atoms with Gasteiger partial charge in [-0.2, -0.15) is 0 Å². The van der Waals surface area contributed by atoms with Crippen LogP contribution in [0, 0.1) is 0 Å². The first kappa shape index (κ1) is 96.0. The van der Waals surface area contributed by atoms with Gasteiger partial charge in [-0.15, -0.1) is 0 Å². The molecule has 0 saturated carbocycles. The van der Waals surface area contributed by atoms with Crippen LogP contribution in [-0.4, -0.2) is 52.9 Å². The van der Waals surface area contributed by atoms with Gasteiger partial charge in [0.2, 0.25) is 0 Å². The third-order valence-electron chi connectivity index (χ3n) is 23.5. The highest BCUT2D eigenvalue weighted by molar-refractivity contribution is 5.63. The maximum Gasteiger partial charge on any atom is 0.126 e. The quantitative estimate of drug-likeness (QED) is 0.0592. The maximum absolute atomic E-state index is 7.40. The molecule has 0 N–H and O–H groups in total. The highest BCUT2D eigenvalue weighted by Gasteiger charge is 2.34. The van der Waals surface area contributed by atoms with Gasteiger partial charge in [0, 0.05) is 51.4 Å². The fourth-order valence-corrected chi connectivity index (χ4v) is 16.4. The maximum atomic E-state index is 7.40. The van der Waals surface area contributed by atoms with Gasteiger partial charge in [-0.25, -0.2) is 0 Å². The van der Waals surface area contributed by atoms with Gasteiger partial charge in [-0.1, -0.05) is 319 Å². The molecule has 8 heteroatoms. The summed E-state index contributed by atoms with van der Waals surface area (Å²) in [6, 6.07) is 39.4. The Morgan fingerprint density at radius 3 is 0.283 bits per heavy atom. The Balaban J connectivity index is 1.51. The summed E-state index contributed by atoms with van der Waals surface area (Å²) in [5, 5.41) is 0. The fourth-order valence-electron chi connectivity index (χ4n) is 16.4. The molecule has 16 bridgehead atoms. The van der Waals surface area contributed by atoms with Crippen LogP contribution in [0.2, 0.25) is 0 Å². The molecule has 0 aliphatic heterocycles. The molecule has 8 nitrogen and oxygen atoms in total. The SMILES string of the molecule is CCCOc1c2cc(C(C)(C)C)cc1Cc1cc(C(C)(C)C)cc(c1OCCC)Cc1cc(C(C)(C)C)cc(c1OCCC)Cc1cc(C(C)(C)C)cc(c1OCCC)Cc1cc(C(C)(C)C)cc(c1OCCC)Cc1cc(C(C)(C)C)cc(c1OCCC)Cc1cc(C(C)(C)C)cc(c1OCCC)Cc1cc(C(C)(C)C)cc(c1OCCC)C2. The molecule has 120 heavy (non-hydrogen) atoms. The van der Waals surface area contributed by atoms with E-state index in [-0.39, 0.29) is 43.3 Å². The van der Waals surface area contributed by atoms with Crippen molar-refractivity contribution < 1.29 is 37.9 Å². The number of hydrogen-bond donors (Lipinski definition) is 0. The molecular formula is C112H160O8. The first-order valence-corrected chi connectivity index (χ1v) is 46.5. The van der Waals surface area contributed by atoms with Crippen molar-refractivity contribution in [3.8, 4) is 46.0 Å². The van der Waals surface area contributed by atoms with E-state index in [1.807, 2.05) is 0 Å². The fraction of sp³-hybridized carbons (Fsp3) is 0.571. The summed E-state index contributed by atoms with van der Waals surface area (Å²) in [6.07, 6.45) is 11.6. The van der Waals surface area contributed by atoms with Crippen LogP contribution in [0.1, 0.15) is 406 Å². The monoisotopic (exact) mass is 1630 g/mol. The van der Waals surface area contributed by atoms with Gasteiger partial charge in [0.05, 0.1) is 52.9 Å². The van der Waals surface area contributed by atoms with E-state index in [9.17, 15) is 0 Å². The van der Waals surface area contributed by atoms with Gasteiger partial charge in [0.1, 0.15) is 46.0 Å². The van der Waals surface area contributed by atoms with E-state index in [1.54, 1.807) is 0 Å². The highest BCUT2D eigenvalue weighted by Crippen LogP contribution is 2.49. The minimum Gasteiger partial charge on any atom is -0.493 e. The summed E-state index contributed by atoms with van der Waals surface area (Å²) >= 11 is 0. The molecule has 0 saturated heterocycles. The summed E-state index contributed by atoms with van der Waals surface area (Å²) in [5.74, 6) is 7.52. The molecule has 0 amide bonds. The van der Waals surface area contributed by atoms with Crippen LogP contribution in [0.25, 0.3) is 0 Å². The summed E-state index contributed by atoms with van der Waals surface area (Å²) < 4.78 is 59.2. The smallest absolute Gasteiger partial charge is 0.126 e. The molecular weight excluding hydrogens is 1470 g/mol. The van der Waals surface area contributed by atoms with E-state index in [2.05, 4.69) is 319 Å². The molecule has 1 aliphatic carbocycles. The molecule has 0 atom stereocenters. The lowest BCUT2D eigenvalue weighted by atomic mass is 9.79. The Morgan fingerprint density at radius 1 is 0.150 bits per heavy atom. The van der Waals surface area contributed by atoms with Crippen molar-refractivity contribution in [2.75, 3.05) is 52.9 Å². The summed E-state index contributed by atoms with van der Waals surface area (Å²) in [4.78, 5) is 0. The number of rotatable bonds is 24. The number of fused-ring (bicyclic) bond motifs is 16. The van der Waals surface area contributed by atoms with E-state index in [0.717, 1.165) is 186 Å². The molecule has 0 spiro atoms. The molecule has 656 valence electrons. The molecule has 8 aromatic rings. The predicted molar refractivity (Wildman–Crippen MR) is 510 cm³/mol. The second-order valence-corrected chi connectivity index (χ2v) is 43.2. The third kappa shape index (κ3) is 24.4. The Kier molecular flexibility index (Phi) is 31.8. The molecule has 0 radical (unpaired) electrons. The lowest BCUT2D eigenvalue weighted by Crippen LogP contribution is -2.18. The summed E-state index contributed by atoms with van der Waals surface area (Å²) in [5.41, 5.74) is 26.8. The van der Waals surface area contributed by atoms with Crippen molar-refractivity contribution in [3.63, 3.8) is 0 Å². The van der Waals surface area contributed by atoms with Gasteiger partial charge in [-0.05, 0) is 228 Å². The standard InChI is InChI=1S/C112H160O8/c1-33-41-113-97-73-49-75-59-90(106(12,13)14)61-77(98(75)114-42-34-2)51-79-63-92(108(18,19)20)65-81(100(79)116-44-36-4)53-83-67-94(110(24,25)26)69-85(102(83)118-46-38-6)55-87-71-96(112(30,31)32)72-88(104(87)120-48-40-8)56-86-70-95(111(27,28)29)68-84(103(86)119-47-39-7)54-82-66-93(109(21,22)23)64-80(101(82)117-45-37-5)52-78-62-91(107(15,16)17)60-76(99(78)115-43-35-3)50-74(97)58-89(57-73)105(9,10)11/h57-72H,33-56H2,1-32H3. The van der Waals surface area contributed by atoms with E-state index in [0.29, 0.717) is 104 Å². The van der Waals surface area contributed by atoms with Gasteiger partial charge < -0.3 is 37.9 Å². The van der Waals surface area contributed by atoms with Crippen molar-refractivity contribution in [2.24, 2.45) is 0 Å². The average molecular weight is 1630 g/mol. The molecule has 0 fully saturated rings. The van der Waals surface area contributed by atoms with E-state index < -0.39 is 0 Å². The minimum absolute atomic E-state index is 0.219. The van der Waals surface area contributed by atoms with Gasteiger partial charge >= 0.3 is 0 Å². The number of ether oxygens (including phenoxy) is 8. The lowest BCUT2D eigenvalue weighted by molar-refractivity contribution is 0.304. The van der Waals surface area contributed by atoms with Crippen molar-refractivity contribution >= 4 is 0 Å². The minimum atomic E-state index is -0.219. The van der Waals surface area contributed by atoms with Gasteiger partial charge in [-0.3, -0.25) is 0 Å².